The highest BCUT2D eigenvalue weighted by Crippen LogP contribution is 2.23. The highest BCUT2D eigenvalue weighted by atomic mass is 79.9. The van der Waals surface area contributed by atoms with Gasteiger partial charge in [0.1, 0.15) is 12.0 Å². The minimum atomic E-state index is -0.0626. The lowest BCUT2D eigenvalue weighted by atomic mass is 10.0. The van der Waals surface area contributed by atoms with E-state index in [9.17, 15) is 9.59 Å². The zero-order valence-electron chi connectivity index (χ0n) is 8.54. The Bertz CT molecular complexity index is 399. The number of hydrogen-bond acceptors (Lipinski definition) is 3. The number of halogens is 1. The van der Waals surface area contributed by atoms with Crippen molar-refractivity contribution in [1.82, 2.24) is 0 Å². The summed E-state index contributed by atoms with van der Waals surface area (Å²) in [4.78, 5) is 22.2. The Kier molecular flexibility index (Phi) is 4.03. The van der Waals surface area contributed by atoms with Crippen LogP contribution in [0.2, 0.25) is 0 Å². The van der Waals surface area contributed by atoms with Gasteiger partial charge in [-0.25, -0.2) is 0 Å². The Balaban J connectivity index is 3.33. The maximum absolute atomic E-state index is 11.5. The molecule has 0 aliphatic heterocycles. The number of ketones is 1. The number of ether oxygens (including phenoxy) is 1. The van der Waals surface area contributed by atoms with Gasteiger partial charge in [0.2, 0.25) is 0 Å². The van der Waals surface area contributed by atoms with Crippen molar-refractivity contribution < 1.29 is 14.3 Å². The molecule has 0 heterocycles. The molecule has 0 bridgehead atoms. The third kappa shape index (κ3) is 2.45. The maximum Gasteiger partial charge on any atom is 0.177 e. The van der Waals surface area contributed by atoms with Crippen LogP contribution in [0.25, 0.3) is 0 Å². The molecule has 0 saturated carbocycles. The number of methoxy groups -OCH3 is 1. The fourth-order valence-electron chi connectivity index (χ4n) is 1.29. The fourth-order valence-corrected chi connectivity index (χ4v) is 1.59. The van der Waals surface area contributed by atoms with Gasteiger partial charge in [-0.15, -0.1) is 0 Å². The average Bonchev–Trinajstić information content (AvgIpc) is 2.27. The van der Waals surface area contributed by atoms with E-state index >= 15 is 0 Å². The summed E-state index contributed by atoms with van der Waals surface area (Å²) >= 11 is 3.10. The average molecular weight is 271 g/mol. The molecule has 0 radical (unpaired) electrons. The van der Waals surface area contributed by atoms with Gasteiger partial charge < -0.3 is 4.74 Å². The Morgan fingerprint density at radius 1 is 1.53 bits per heavy atom. The summed E-state index contributed by atoms with van der Waals surface area (Å²) in [5, 5.41) is 0.239. The maximum atomic E-state index is 11.5. The molecular weight excluding hydrogens is 260 g/mol. The first-order valence-corrected chi connectivity index (χ1v) is 5.49. The summed E-state index contributed by atoms with van der Waals surface area (Å²) in [6.45, 7) is 1.79. The first kappa shape index (κ1) is 11.9. The number of carbonyl (C=O) groups excluding carboxylic acids is 2. The van der Waals surface area contributed by atoms with Crippen LogP contribution < -0.4 is 4.74 Å². The molecule has 0 amide bonds. The van der Waals surface area contributed by atoms with Gasteiger partial charge in [0, 0.05) is 5.56 Å². The molecule has 0 unspecified atom stereocenters. The van der Waals surface area contributed by atoms with Gasteiger partial charge >= 0.3 is 0 Å². The molecule has 1 aromatic rings. The first-order valence-electron chi connectivity index (χ1n) is 4.37. The summed E-state index contributed by atoms with van der Waals surface area (Å²) < 4.78 is 5.07. The SMILES string of the molecule is COc1cc(C=O)c(C)cc1C(=O)CBr. The lowest BCUT2D eigenvalue weighted by Gasteiger charge is -2.09. The molecule has 0 fully saturated rings. The highest BCUT2D eigenvalue weighted by molar-refractivity contribution is 9.09. The number of hydrogen-bond donors (Lipinski definition) is 0. The summed E-state index contributed by atoms with van der Waals surface area (Å²) in [5.74, 6) is 0.375. The fraction of sp³-hybridized carbons (Fsp3) is 0.273. The number of aryl methyl sites for hydroxylation is 1. The van der Waals surface area contributed by atoms with Gasteiger partial charge in [0.05, 0.1) is 18.0 Å². The van der Waals surface area contributed by atoms with Crippen LogP contribution in [0.1, 0.15) is 26.3 Å². The van der Waals surface area contributed by atoms with Crippen LogP contribution in [0.4, 0.5) is 0 Å². The molecule has 0 atom stereocenters. The standard InChI is InChI=1S/C11H11BrO3/c1-7-3-9(10(14)5-12)11(15-2)4-8(7)6-13/h3-4,6H,5H2,1-2H3. The zero-order chi connectivity index (χ0) is 11.4. The number of aldehydes is 1. The Morgan fingerprint density at radius 2 is 2.20 bits per heavy atom. The zero-order valence-corrected chi connectivity index (χ0v) is 10.1. The van der Waals surface area contributed by atoms with Crippen LogP contribution in [0.15, 0.2) is 12.1 Å². The topological polar surface area (TPSA) is 43.4 Å². The van der Waals surface area contributed by atoms with E-state index < -0.39 is 0 Å². The first-order chi connectivity index (χ1) is 7.13. The number of Topliss-reactive ketones (excluding diaryl/α,β-unsaturated/α-hetero) is 1. The molecule has 4 heteroatoms. The summed E-state index contributed by atoms with van der Waals surface area (Å²) in [7, 11) is 1.48. The van der Waals surface area contributed by atoms with Crippen LogP contribution in [-0.2, 0) is 0 Å². The van der Waals surface area contributed by atoms with E-state index in [1.165, 1.54) is 7.11 Å². The Labute approximate surface area is 96.6 Å². The van der Waals surface area contributed by atoms with E-state index in [-0.39, 0.29) is 11.1 Å². The van der Waals surface area contributed by atoms with Crippen molar-refractivity contribution in [2.45, 2.75) is 6.92 Å². The molecule has 3 nitrogen and oxygen atoms in total. The Morgan fingerprint density at radius 3 is 2.67 bits per heavy atom. The molecule has 0 aromatic heterocycles. The minimum Gasteiger partial charge on any atom is -0.496 e. The van der Waals surface area contributed by atoms with Gasteiger partial charge in [-0.05, 0) is 24.6 Å². The van der Waals surface area contributed by atoms with E-state index in [2.05, 4.69) is 15.9 Å². The third-order valence-electron chi connectivity index (χ3n) is 2.14. The lowest BCUT2D eigenvalue weighted by Crippen LogP contribution is -2.05. The monoisotopic (exact) mass is 270 g/mol. The van der Waals surface area contributed by atoms with Gasteiger partial charge in [-0.3, -0.25) is 9.59 Å². The minimum absolute atomic E-state index is 0.0626. The summed E-state index contributed by atoms with van der Waals surface area (Å²) in [6, 6.07) is 3.25. The molecule has 0 spiro atoms. The van der Waals surface area contributed by atoms with Crippen LogP contribution in [-0.4, -0.2) is 24.5 Å². The number of carbonyl (C=O) groups is 2. The summed E-state index contributed by atoms with van der Waals surface area (Å²) in [5.41, 5.74) is 1.81. The van der Waals surface area contributed by atoms with Gasteiger partial charge in [-0.1, -0.05) is 15.9 Å². The second-order valence-electron chi connectivity index (χ2n) is 3.08. The van der Waals surface area contributed by atoms with Crippen LogP contribution in [0.5, 0.6) is 5.75 Å². The molecule has 0 aliphatic carbocycles. The molecule has 15 heavy (non-hydrogen) atoms. The Hall–Kier alpha value is -1.16. The van der Waals surface area contributed by atoms with E-state index in [1.54, 1.807) is 19.1 Å². The molecule has 80 valence electrons. The van der Waals surface area contributed by atoms with Crippen molar-refractivity contribution in [1.29, 1.82) is 0 Å². The number of rotatable bonds is 4. The van der Waals surface area contributed by atoms with Crippen molar-refractivity contribution in [2.75, 3.05) is 12.4 Å². The molecule has 0 N–H and O–H groups in total. The summed E-state index contributed by atoms with van der Waals surface area (Å²) in [6.07, 6.45) is 0.750. The van der Waals surface area contributed by atoms with E-state index in [0.717, 1.165) is 11.8 Å². The number of benzene rings is 1. The highest BCUT2D eigenvalue weighted by Gasteiger charge is 2.13. The molecular formula is C11H11BrO3. The van der Waals surface area contributed by atoms with Crippen molar-refractivity contribution in [3.8, 4) is 5.75 Å². The van der Waals surface area contributed by atoms with E-state index in [0.29, 0.717) is 16.9 Å². The molecule has 1 rings (SSSR count). The van der Waals surface area contributed by atoms with Gasteiger partial charge in [0.15, 0.2) is 5.78 Å². The van der Waals surface area contributed by atoms with E-state index in [4.69, 9.17) is 4.74 Å². The third-order valence-corrected chi connectivity index (χ3v) is 2.65. The van der Waals surface area contributed by atoms with Crippen molar-refractivity contribution >= 4 is 28.0 Å². The van der Waals surface area contributed by atoms with Crippen LogP contribution >= 0.6 is 15.9 Å². The normalized spacial score (nSPS) is 9.80. The van der Waals surface area contributed by atoms with Crippen molar-refractivity contribution in [3.63, 3.8) is 0 Å². The second-order valence-corrected chi connectivity index (χ2v) is 3.64. The van der Waals surface area contributed by atoms with Crippen molar-refractivity contribution in [3.05, 3.63) is 28.8 Å². The predicted molar refractivity (Wildman–Crippen MR) is 61.2 cm³/mol. The van der Waals surface area contributed by atoms with Crippen LogP contribution in [0.3, 0.4) is 0 Å². The van der Waals surface area contributed by atoms with Gasteiger partial charge in [-0.2, -0.15) is 0 Å². The predicted octanol–water partition coefficient (Wildman–Crippen LogP) is 2.39. The molecule has 1 aromatic carbocycles. The quantitative estimate of drug-likeness (QED) is 0.479. The van der Waals surface area contributed by atoms with E-state index in [1.807, 2.05) is 0 Å². The largest absolute Gasteiger partial charge is 0.496 e. The lowest BCUT2D eigenvalue weighted by molar-refractivity contribution is 0.101. The second kappa shape index (κ2) is 5.07. The van der Waals surface area contributed by atoms with Gasteiger partial charge in [0.25, 0.3) is 0 Å². The smallest absolute Gasteiger partial charge is 0.177 e. The van der Waals surface area contributed by atoms with Crippen LogP contribution in [0, 0.1) is 6.92 Å². The number of alkyl halides is 1. The molecule has 0 aliphatic rings. The van der Waals surface area contributed by atoms with Crippen molar-refractivity contribution in [2.24, 2.45) is 0 Å². The molecule has 0 saturated heterocycles.